The van der Waals surface area contributed by atoms with E-state index >= 15 is 0 Å². The summed E-state index contributed by atoms with van der Waals surface area (Å²) in [6.45, 7) is 5.66. The first kappa shape index (κ1) is 31.6. The van der Waals surface area contributed by atoms with Gasteiger partial charge in [0.2, 0.25) is 5.91 Å². The summed E-state index contributed by atoms with van der Waals surface area (Å²) >= 11 is 0. The van der Waals surface area contributed by atoms with Gasteiger partial charge in [0.05, 0.1) is 23.5 Å². The second-order valence-corrected chi connectivity index (χ2v) is 11.4. The molecular weight excluding hydrogens is 558 g/mol. The molecule has 1 aromatic carbocycles. The van der Waals surface area contributed by atoms with Crippen LogP contribution in [0.4, 0.5) is 16.3 Å². The Morgan fingerprint density at radius 3 is 2.43 bits per heavy atom. The molecule has 44 heavy (non-hydrogen) atoms. The molecule has 0 fully saturated rings. The van der Waals surface area contributed by atoms with Crippen LogP contribution in [0, 0.1) is 0 Å². The Hall–Kier alpha value is -5.32. The van der Waals surface area contributed by atoms with Crippen molar-refractivity contribution in [3.05, 3.63) is 90.0 Å². The van der Waals surface area contributed by atoms with E-state index in [2.05, 4.69) is 25.6 Å². The van der Waals surface area contributed by atoms with Gasteiger partial charge in [0.25, 0.3) is 5.91 Å². The highest BCUT2D eigenvalue weighted by Crippen LogP contribution is 2.29. The van der Waals surface area contributed by atoms with Gasteiger partial charge in [-0.05, 0) is 80.8 Å². The van der Waals surface area contributed by atoms with Gasteiger partial charge in [0.15, 0.2) is 0 Å². The van der Waals surface area contributed by atoms with Crippen molar-refractivity contribution >= 4 is 29.4 Å². The maximum Gasteiger partial charge on any atom is 0.412 e. The third kappa shape index (κ3) is 8.84. The molecule has 0 aliphatic rings. The number of anilines is 2. The predicted molar refractivity (Wildman–Crippen MR) is 170 cm³/mol. The number of hydrogen-bond donors (Lipinski definition) is 3. The van der Waals surface area contributed by atoms with Gasteiger partial charge in [-0.15, -0.1) is 0 Å². The Morgan fingerprint density at radius 2 is 1.73 bits per heavy atom. The van der Waals surface area contributed by atoms with Crippen LogP contribution in [0.3, 0.4) is 0 Å². The number of aromatic nitrogens is 3. The number of nitrogen functional groups attached to an aromatic ring is 1. The van der Waals surface area contributed by atoms with Crippen LogP contribution in [0.1, 0.15) is 48.8 Å². The van der Waals surface area contributed by atoms with E-state index in [1.165, 1.54) is 11.1 Å². The van der Waals surface area contributed by atoms with Crippen LogP contribution < -0.4 is 16.4 Å². The maximum absolute atomic E-state index is 12.6. The van der Waals surface area contributed by atoms with Crippen molar-refractivity contribution in [2.75, 3.05) is 25.1 Å². The van der Waals surface area contributed by atoms with Crippen LogP contribution in [0.2, 0.25) is 0 Å². The molecule has 3 amide bonds. The van der Waals surface area contributed by atoms with E-state index in [1.54, 1.807) is 65.5 Å². The molecule has 0 unspecified atom stereocenters. The topological polar surface area (TPSA) is 152 Å². The number of amides is 3. The van der Waals surface area contributed by atoms with Crippen LogP contribution in [0.5, 0.6) is 0 Å². The number of nitrogens with one attached hydrogen (secondary N) is 2. The van der Waals surface area contributed by atoms with Crippen LogP contribution in [0.25, 0.3) is 22.4 Å². The monoisotopic (exact) mass is 595 g/mol. The largest absolute Gasteiger partial charge is 0.444 e. The minimum atomic E-state index is -0.594. The zero-order valence-electron chi connectivity index (χ0n) is 25.5. The molecule has 4 aromatic rings. The van der Waals surface area contributed by atoms with Gasteiger partial charge in [0.1, 0.15) is 11.4 Å². The average molecular weight is 596 g/mol. The smallest absolute Gasteiger partial charge is 0.412 e. The van der Waals surface area contributed by atoms with E-state index < -0.39 is 11.7 Å². The first-order chi connectivity index (χ1) is 20.9. The first-order valence-electron chi connectivity index (χ1n) is 14.1. The SMILES string of the molecule is CN(C)C(=O)c1ccc(-c2cc(-c3ccnc(CNC(=O)CCc4cccc(NC(=O)OC(C)(C)C)c4)c3)cnc2N)nc1. The van der Waals surface area contributed by atoms with Crippen molar-refractivity contribution in [3.8, 4) is 22.4 Å². The zero-order chi connectivity index (χ0) is 31.9. The summed E-state index contributed by atoms with van der Waals surface area (Å²) in [5, 5.41) is 5.64. The fourth-order valence-corrected chi connectivity index (χ4v) is 4.29. The maximum atomic E-state index is 12.6. The molecule has 0 aliphatic carbocycles. The lowest BCUT2D eigenvalue weighted by molar-refractivity contribution is -0.121. The van der Waals surface area contributed by atoms with Crippen LogP contribution in [-0.2, 0) is 22.5 Å². The molecule has 228 valence electrons. The Morgan fingerprint density at radius 1 is 0.932 bits per heavy atom. The highest BCUT2D eigenvalue weighted by Gasteiger charge is 2.16. The quantitative estimate of drug-likeness (QED) is 0.242. The summed E-state index contributed by atoms with van der Waals surface area (Å²) < 4.78 is 5.30. The Bertz CT molecular complexity index is 1650. The molecule has 0 saturated carbocycles. The van der Waals surface area contributed by atoms with E-state index in [1.807, 2.05) is 36.4 Å². The van der Waals surface area contributed by atoms with Crippen LogP contribution in [0.15, 0.2) is 73.2 Å². The number of pyridine rings is 3. The molecule has 0 radical (unpaired) electrons. The number of carbonyl (C=O) groups is 3. The molecule has 11 heteroatoms. The van der Waals surface area contributed by atoms with Gasteiger partial charge in [-0.3, -0.25) is 24.9 Å². The third-order valence-corrected chi connectivity index (χ3v) is 6.44. The molecule has 4 N–H and O–H groups in total. The highest BCUT2D eigenvalue weighted by atomic mass is 16.6. The summed E-state index contributed by atoms with van der Waals surface area (Å²) in [6.07, 6.45) is 5.11. The average Bonchev–Trinajstić information content (AvgIpc) is 2.98. The molecule has 0 saturated heterocycles. The second-order valence-electron chi connectivity index (χ2n) is 11.4. The van der Waals surface area contributed by atoms with Gasteiger partial charge < -0.3 is 20.7 Å². The number of carbonyl (C=O) groups excluding carboxylic acids is 3. The minimum Gasteiger partial charge on any atom is -0.444 e. The fraction of sp³-hybridized carbons (Fsp3) is 0.273. The van der Waals surface area contributed by atoms with Crippen molar-refractivity contribution in [3.63, 3.8) is 0 Å². The molecule has 3 heterocycles. The highest BCUT2D eigenvalue weighted by molar-refractivity contribution is 5.94. The number of ether oxygens (including phenoxy) is 1. The van der Waals surface area contributed by atoms with E-state index in [0.29, 0.717) is 40.4 Å². The molecule has 4 rings (SSSR count). The normalized spacial score (nSPS) is 11.0. The molecular formula is C33H37N7O4. The van der Waals surface area contributed by atoms with Crippen molar-refractivity contribution < 1.29 is 19.1 Å². The van der Waals surface area contributed by atoms with Crippen LogP contribution >= 0.6 is 0 Å². The van der Waals surface area contributed by atoms with Gasteiger partial charge in [0, 0.05) is 55.9 Å². The van der Waals surface area contributed by atoms with Gasteiger partial charge in [-0.1, -0.05) is 12.1 Å². The summed E-state index contributed by atoms with van der Waals surface area (Å²) in [6, 6.07) is 16.4. The van der Waals surface area contributed by atoms with Gasteiger partial charge in [-0.2, -0.15) is 0 Å². The standard InChI is InChI=1S/C33H37N7O4/c1-33(2,3)44-32(43)39-25-8-6-7-21(15-25)9-12-29(41)37-20-26-16-22(13-14-35-26)24-17-27(30(34)38-19-24)28-11-10-23(18-36-28)31(42)40(4)5/h6-8,10-11,13-19H,9,12,20H2,1-5H3,(H2,34,38)(H,37,41)(H,39,43). The lowest BCUT2D eigenvalue weighted by Crippen LogP contribution is -2.27. The predicted octanol–water partition coefficient (Wildman–Crippen LogP) is 5.09. The number of nitrogens with two attached hydrogens (primary N) is 1. The molecule has 0 aliphatic heterocycles. The van der Waals surface area contributed by atoms with Crippen molar-refractivity contribution in [1.82, 2.24) is 25.2 Å². The summed E-state index contributed by atoms with van der Waals surface area (Å²) in [7, 11) is 3.37. The van der Waals surface area contributed by atoms with Crippen LogP contribution in [-0.4, -0.2) is 57.5 Å². The van der Waals surface area contributed by atoms with E-state index in [9.17, 15) is 14.4 Å². The summed E-state index contributed by atoms with van der Waals surface area (Å²) in [4.78, 5) is 51.6. The van der Waals surface area contributed by atoms with Gasteiger partial charge in [-0.25, -0.2) is 9.78 Å². The number of aryl methyl sites for hydroxylation is 1. The summed E-state index contributed by atoms with van der Waals surface area (Å²) in [5.74, 6) is 0.0594. The van der Waals surface area contributed by atoms with Gasteiger partial charge >= 0.3 is 6.09 Å². The van der Waals surface area contributed by atoms with Crippen molar-refractivity contribution in [1.29, 1.82) is 0 Å². The first-order valence-corrected chi connectivity index (χ1v) is 14.1. The number of nitrogens with zero attached hydrogens (tertiary/aromatic N) is 4. The molecule has 11 nitrogen and oxygen atoms in total. The summed E-state index contributed by atoms with van der Waals surface area (Å²) in [5.41, 5.74) is 11.1. The molecule has 0 spiro atoms. The Balaban J connectivity index is 1.36. The number of benzene rings is 1. The number of rotatable bonds is 9. The molecule has 0 bridgehead atoms. The van der Waals surface area contributed by atoms with E-state index in [0.717, 1.165) is 16.7 Å². The lowest BCUT2D eigenvalue weighted by atomic mass is 10.0. The molecule has 3 aromatic heterocycles. The van der Waals surface area contributed by atoms with Crippen molar-refractivity contribution in [2.45, 2.75) is 45.8 Å². The third-order valence-electron chi connectivity index (χ3n) is 6.44. The molecule has 0 atom stereocenters. The fourth-order valence-electron chi connectivity index (χ4n) is 4.29. The number of hydrogen-bond acceptors (Lipinski definition) is 8. The van der Waals surface area contributed by atoms with E-state index in [-0.39, 0.29) is 24.8 Å². The second kappa shape index (κ2) is 13.8. The Labute approximate surface area is 256 Å². The lowest BCUT2D eigenvalue weighted by Gasteiger charge is -2.19. The Kier molecular flexibility index (Phi) is 9.89. The van der Waals surface area contributed by atoms with E-state index in [4.69, 9.17) is 10.5 Å². The zero-order valence-corrected chi connectivity index (χ0v) is 25.5. The minimum absolute atomic E-state index is 0.124. The van der Waals surface area contributed by atoms with Crippen molar-refractivity contribution in [2.24, 2.45) is 0 Å².